The van der Waals surface area contributed by atoms with E-state index in [0.29, 0.717) is 5.82 Å². The van der Waals surface area contributed by atoms with Crippen molar-refractivity contribution in [1.29, 1.82) is 0 Å². The van der Waals surface area contributed by atoms with Crippen LogP contribution in [-0.2, 0) is 14.8 Å². The monoisotopic (exact) mass is 468 g/mol. The van der Waals surface area contributed by atoms with Crippen LogP contribution < -0.4 is 15.4 Å². The summed E-state index contributed by atoms with van der Waals surface area (Å²) in [5.74, 6) is 0.198. The van der Waals surface area contributed by atoms with Gasteiger partial charge in [-0.05, 0) is 55.7 Å². The molecule has 0 spiro atoms. The first-order chi connectivity index (χ1) is 13.2. The Morgan fingerprint density at radius 1 is 1.18 bits per heavy atom. The Morgan fingerprint density at radius 3 is 2.46 bits per heavy atom. The van der Waals surface area contributed by atoms with Gasteiger partial charge in [0.15, 0.2) is 0 Å². The van der Waals surface area contributed by atoms with Crippen molar-refractivity contribution in [2.75, 3.05) is 17.2 Å². The minimum Gasteiger partial charge on any atom is -0.361 e. The van der Waals surface area contributed by atoms with E-state index >= 15 is 0 Å². The van der Waals surface area contributed by atoms with Crippen LogP contribution in [0, 0.1) is 6.92 Å². The fraction of sp³-hybridized carbons (Fsp3) is 0.368. The summed E-state index contributed by atoms with van der Waals surface area (Å²) in [6.45, 7) is 5.79. The van der Waals surface area contributed by atoms with Gasteiger partial charge in [-0.15, -0.1) is 0 Å². The molecule has 0 unspecified atom stereocenters. The lowest BCUT2D eigenvalue weighted by atomic mass is 10.2. The summed E-state index contributed by atoms with van der Waals surface area (Å²) in [4.78, 5) is 16.3. The highest BCUT2D eigenvalue weighted by atomic mass is 79.9. The maximum absolute atomic E-state index is 12.4. The quantitative estimate of drug-likeness (QED) is 0.521. The highest BCUT2D eigenvalue weighted by Crippen LogP contribution is 2.20. The van der Waals surface area contributed by atoms with E-state index in [0.717, 1.165) is 28.6 Å². The number of carbonyl (C=O) groups is 1. The third kappa shape index (κ3) is 6.29. The molecule has 0 radical (unpaired) electrons. The molecule has 0 aliphatic rings. The van der Waals surface area contributed by atoms with Gasteiger partial charge in [-0.1, -0.05) is 29.8 Å². The number of anilines is 2. The van der Waals surface area contributed by atoms with Gasteiger partial charge in [-0.3, -0.25) is 4.79 Å². The largest absolute Gasteiger partial charge is 0.361 e. The molecule has 28 heavy (non-hydrogen) atoms. The number of benzene rings is 1. The molecule has 7 nitrogen and oxygen atoms in total. The number of amides is 1. The predicted octanol–water partition coefficient (Wildman–Crippen LogP) is 3.67. The summed E-state index contributed by atoms with van der Waals surface area (Å²) < 4.78 is 28.3. The van der Waals surface area contributed by atoms with Crippen LogP contribution in [0.25, 0.3) is 0 Å². The van der Waals surface area contributed by atoms with Crippen molar-refractivity contribution in [3.8, 4) is 0 Å². The number of hydrogen-bond acceptors (Lipinski definition) is 5. The second kappa shape index (κ2) is 9.99. The number of rotatable bonds is 9. The van der Waals surface area contributed by atoms with Crippen molar-refractivity contribution >= 4 is 43.4 Å². The minimum absolute atomic E-state index is 0.0145. The number of halogens is 1. The third-order valence-corrected chi connectivity index (χ3v) is 6.25. The molecule has 1 heterocycles. The molecular weight excluding hydrogens is 444 g/mol. The molecule has 3 N–H and O–H groups in total. The molecule has 0 atom stereocenters. The van der Waals surface area contributed by atoms with Crippen LogP contribution in [0.1, 0.15) is 32.3 Å². The lowest BCUT2D eigenvalue weighted by Crippen LogP contribution is -2.33. The molecule has 9 heteroatoms. The summed E-state index contributed by atoms with van der Waals surface area (Å²) in [5.41, 5.74) is 1.68. The molecule has 2 rings (SSSR count). The maximum Gasteiger partial charge on any atom is 0.243 e. The molecular formula is C19H25BrN4O3S. The van der Waals surface area contributed by atoms with Gasteiger partial charge < -0.3 is 10.6 Å². The van der Waals surface area contributed by atoms with Crippen LogP contribution in [0.2, 0.25) is 0 Å². The van der Waals surface area contributed by atoms with Crippen LogP contribution >= 0.6 is 15.9 Å². The summed E-state index contributed by atoms with van der Waals surface area (Å²) in [6, 6.07) is 8.50. The third-order valence-electron chi connectivity index (χ3n) is 4.25. The van der Waals surface area contributed by atoms with Crippen molar-refractivity contribution < 1.29 is 13.2 Å². The highest BCUT2D eigenvalue weighted by molar-refractivity contribution is 9.10. The van der Waals surface area contributed by atoms with Crippen molar-refractivity contribution in [3.63, 3.8) is 0 Å². The van der Waals surface area contributed by atoms with E-state index in [-0.39, 0.29) is 23.4 Å². The Morgan fingerprint density at radius 2 is 1.89 bits per heavy atom. The molecule has 0 saturated heterocycles. The molecule has 1 aromatic heterocycles. The molecule has 0 fully saturated rings. The van der Waals surface area contributed by atoms with E-state index in [2.05, 4.69) is 36.3 Å². The van der Waals surface area contributed by atoms with Crippen molar-refractivity contribution in [2.45, 2.75) is 44.6 Å². The number of nitrogens with zero attached hydrogens (tertiary/aromatic N) is 1. The second-order valence-corrected chi connectivity index (χ2v) is 9.00. The zero-order valence-corrected chi connectivity index (χ0v) is 18.5. The zero-order chi connectivity index (χ0) is 20.7. The summed E-state index contributed by atoms with van der Waals surface area (Å²) >= 11 is 3.38. The molecule has 1 aromatic carbocycles. The lowest BCUT2D eigenvalue weighted by molar-refractivity contribution is -0.114. The van der Waals surface area contributed by atoms with Gasteiger partial charge in [0.1, 0.15) is 10.7 Å². The van der Waals surface area contributed by atoms with Gasteiger partial charge in [0, 0.05) is 22.4 Å². The number of nitrogens with one attached hydrogen (secondary N) is 3. The van der Waals surface area contributed by atoms with Gasteiger partial charge in [0.05, 0.1) is 6.54 Å². The maximum atomic E-state index is 12.4. The Labute approximate surface area is 174 Å². The Hall–Kier alpha value is -1.97. The standard InChI is InChI=1S/C19H25BrN4O3S/c1-4-15(5-2)24-28(26,27)16-7-9-18(21-11-16)22-12-19(25)23-17-8-6-14(20)10-13(17)3/h6-11,15,24H,4-5,12H2,1-3H3,(H,21,22)(H,23,25). The lowest BCUT2D eigenvalue weighted by Gasteiger charge is -2.15. The van der Waals surface area contributed by atoms with E-state index in [1.54, 1.807) is 6.07 Å². The molecule has 152 valence electrons. The van der Waals surface area contributed by atoms with Crippen LogP contribution in [0.15, 0.2) is 45.9 Å². The Kier molecular flexibility index (Phi) is 7.97. The fourth-order valence-corrected chi connectivity index (χ4v) is 4.34. The van der Waals surface area contributed by atoms with Gasteiger partial charge in [-0.2, -0.15) is 0 Å². The Bertz CT molecular complexity index is 913. The van der Waals surface area contributed by atoms with E-state index < -0.39 is 10.0 Å². The van der Waals surface area contributed by atoms with E-state index in [1.807, 2.05) is 39.0 Å². The predicted molar refractivity (Wildman–Crippen MR) is 115 cm³/mol. The summed E-state index contributed by atoms with van der Waals surface area (Å²) in [6.07, 6.45) is 2.72. The first-order valence-electron chi connectivity index (χ1n) is 9.03. The molecule has 0 aliphatic heterocycles. The molecule has 0 aliphatic carbocycles. The van der Waals surface area contributed by atoms with Crippen molar-refractivity contribution in [1.82, 2.24) is 9.71 Å². The number of aromatic nitrogens is 1. The summed E-state index contributed by atoms with van der Waals surface area (Å²) in [5, 5.41) is 5.71. The molecule has 2 aromatic rings. The fourth-order valence-electron chi connectivity index (χ4n) is 2.52. The van der Waals surface area contributed by atoms with Crippen LogP contribution in [0.5, 0.6) is 0 Å². The van der Waals surface area contributed by atoms with Crippen molar-refractivity contribution in [2.24, 2.45) is 0 Å². The summed E-state index contributed by atoms with van der Waals surface area (Å²) in [7, 11) is -3.60. The smallest absolute Gasteiger partial charge is 0.243 e. The van der Waals surface area contributed by atoms with E-state index in [9.17, 15) is 13.2 Å². The van der Waals surface area contributed by atoms with Crippen LogP contribution in [-0.4, -0.2) is 31.9 Å². The topological polar surface area (TPSA) is 100 Å². The molecule has 0 bridgehead atoms. The van der Waals surface area contributed by atoms with E-state index in [1.165, 1.54) is 12.3 Å². The average Bonchev–Trinajstić information content (AvgIpc) is 2.67. The minimum atomic E-state index is -3.60. The van der Waals surface area contributed by atoms with Gasteiger partial charge in [0.2, 0.25) is 15.9 Å². The number of pyridine rings is 1. The van der Waals surface area contributed by atoms with Gasteiger partial charge >= 0.3 is 0 Å². The average molecular weight is 469 g/mol. The van der Waals surface area contributed by atoms with Crippen LogP contribution in [0.4, 0.5) is 11.5 Å². The number of hydrogen-bond donors (Lipinski definition) is 3. The SMILES string of the molecule is CCC(CC)NS(=O)(=O)c1ccc(NCC(=O)Nc2ccc(Br)cc2C)nc1. The highest BCUT2D eigenvalue weighted by Gasteiger charge is 2.18. The molecule has 1 amide bonds. The van der Waals surface area contributed by atoms with E-state index in [4.69, 9.17) is 0 Å². The number of sulfonamides is 1. The zero-order valence-electron chi connectivity index (χ0n) is 16.1. The number of carbonyl (C=O) groups excluding carboxylic acids is 1. The van der Waals surface area contributed by atoms with Gasteiger partial charge in [0.25, 0.3) is 0 Å². The number of aryl methyl sites for hydroxylation is 1. The van der Waals surface area contributed by atoms with Crippen LogP contribution in [0.3, 0.4) is 0 Å². The Balaban J connectivity index is 1.94. The van der Waals surface area contributed by atoms with Crippen molar-refractivity contribution in [3.05, 3.63) is 46.6 Å². The normalized spacial score (nSPS) is 11.5. The van der Waals surface area contributed by atoms with Gasteiger partial charge in [-0.25, -0.2) is 18.1 Å². The first-order valence-corrected chi connectivity index (χ1v) is 11.3. The second-order valence-electron chi connectivity index (χ2n) is 6.37. The molecule has 0 saturated carbocycles. The first kappa shape index (κ1) is 22.3.